The van der Waals surface area contributed by atoms with E-state index in [9.17, 15) is 4.79 Å². The number of hydrogen-bond donors (Lipinski definition) is 0. The Bertz CT molecular complexity index is 476. The Kier molecular flexibility index (Phi) is 4.49. The average molecular weight is 291 g/mol. The van der Waals surface area contributed by atoms with Crippen molar-refractivity contribution in [3.05, 3.63) is 18.5 Å². The highest BCUT2D eigenvalue weighted by atomic mass is 16.6. The van der Waals surface area contributed by atoms with E-state index in [1.54, 1.807) is 12.4 Å². The van der Waals surface area contributed by atoms with Gasteiger partial charge in [-0.15, -0.1) is 0 Å². The summed E-state index contributed by atoms with van der Waals surface area (Å²) in [5, 5.41) is 0. The van der Waals surface area contributed by atoms with Gasteiger partial charge in [0.05, 0.1) is 0 Å². The predicted octanol–water partition coefficient (Wildman–Crippen LogP) is 2.81. The maximum atomic E-state index is 11.7. The fraction of sp³-hybridized carbons (Fsp3) is 0.688. The molecule has 1 aliphatic rings. The highest BCUT2D eigenvalue weighted by molar-refractivity contribution is 5.69. The van der Waals surface area contributed by atoms with Crippen LogP contribution in [-0.4, -0.2) is 34.6 Å². The van der Waals surface area contributed by atoms with E-state index in [1.807, 2.05) is 26.8 Å². The van der Waals surface area contributed by atoms with Crippen LogP contribution < -0.4 is 4.90 Å². The minimum atomic E-state index is -0.390. The zero-order valence-corrected chi connectivity index (χ0v) is 13.4. The minimum Gasteiger partial charge on any atom is -0.460 e. The van der Waals surface area contributed by atoms with Crippen LogP contribution in [0.2, 0.25) is 0 Å². The van der Waals surface area contributed by atoms with E-state index in [1.165, 1.54) is 0 Å². The first-order valence-corrected chi connectivity index (χ1v) is 7.51. The summed E-state index contributed by atoms with van der Waals surface area (Å²) in [5.74, 6) is 0.691. The first kappa shape index (κ1) is 15.7. The quantitative estimate of drug-likeness (QED) is 0.781. The van der Waals surface area contributed by atoms with E-state index in [0.717, 1.165) is 31.9 Å². The smallest absolute Gasteiger partial charge is 0.306 e. The Labute approximate surface area is 126 Å². The van der Waals surface area contributed by atoms with Crippen LogP contribution in [0.1, 0.15) is 47.0 Å². The second kappa shape index (κ2) is 6.00. The Balaban J connectivity index is 1.70. The molecule has 0 aromatic carbocycles. The highest BCUT2D eigenvalue weighted by Gasteiger charge is 2.39. The lowest BCUT2D eigenvalue weighted by atomic mass is 9.78. The van der Waals surface area contributed by atoms with E-state index < -0.39 is 0 Å². The number of carbonyl (C=O) groups is 1. The molecule has 0 saturated carbocycles. The van der Waals surface area contributed by atoms with Gasteiger partial charge in [0.1, 0.15) is 5.60 Å². The monoisotopic (exact) mass is 291 g/mol. The number of ether oxygens (including phenoxy) is 1. The topological polar surface area (TPSA) is 55.3 Å². The number of hydrogen-bond acceptors (Lipinski definition) is 5. The van der Waals surface area contributed by atoms with Crippen LogP contribution in [0.5, 0.6) is 0 Å². The van der Waals surface area contributed by atoms with E-state index in [0.29, 0.717) is 6.42 Å². The van der Waals surface area contributed by atoms with Crippen molar-refractivity contribution in [2.75, 3.05) is 18.0 Å². The zero-order valence-electron chi connectivity index (χ0n) is 13.4. The fourth-order valence-electron chi connectivity index (χ4n) is 2.68. The van der Waals surface area contributed by atoms with Crippen LogP contribution in [-0.2, 0) is 9.53 Å². The van der Waals surface area contributed by atoms with E-state index in [4.69, 9.17) is 4.74 Å². The molecule has 0 aliphatic carbocycles. The van der Waals surface area contributed by atoms with Crippen molar-refractivity contribution in [3.63, 3.8) is 0 Å². The lowest BCUT2D eigenvalue weighted by Gasteiger charge is -2.48. The number of nitrogens with zero attached hydrogens (tertiary/aromatic N) is 3. The molecule has 0 amide bonds. The first-order chi connectivity index (χ1) is 9.77. The molecular weight excluding hydrogens is 266 g/mol. The van der Waals surface area contributed by atoms with Gasteiger partial charge in [-0.25, -0.2) is 9.97 Å². The van der Waals surface area contributed by atoms with Crippen LogP contribution in [0.4, 0.5) is 5.95 Å². The summed E-state index contributed by atoms with van der Waals surface area (Å²) in [6.45, 7) is 9.85. The van der Waals surface area contributed by atoms with Gasteiger partial charge >= 0.3 is 5.97 Å². The predicted molar refractivity (Wildman–Crippen MR) is 82.0 cm³/mol. The summed E-state index contributed by atoms with van der Waals surface area (Å²) in [4.78, 5) is 22.4. The molecule has 0 N–H and O–H groups in total. The SMILES string of the molecule is CC1(CCCC(=O)OC(C)(C)C)CN(c2ncccn2)C1. The molecule has 1 saturated heterocycles. The Morgan fingerprint density at radius 3 is 2.52 bits per heavy atom. The second-order valence-corrected chi connectivity index (χ2v) is 7.16. The van der Waals surface area contributed by atoms with E-state index in [-0.39, 0.29) is 17.0 Å². The molecule has 0 spiro atoms. The van der Waals surface area contributed by atoms with Crippen molar-refractivity contribution in [3.8, 4) is 0 Å². The van der Waals surface area contributed by atoms with E-state index >= 15 is 0 Å². The maximum Gasteiger partial charge on any atom is 0.306 e. The summed E-state index contributed by atoms with van der Waals surface area (Å²) < 4.78 is 5.33. The number of carbonyl (C=O) groups excluding carboxylic acids is 1. The third kappa shape index (κ3) is 4.69. The van der Waals surface area contributed by atoms with Gasteiger partial charge in [0.15, 0.2) is 0 Å². The van der Waals surface area contributed by atoms with Gasteiger partial charge in [0.2, 0.25) is 5.95 Å². The van der Waals surface area contributed by atoms with Gasteiger partial charge in [-0.05, 0) is 39.7 Å². The molecule has 1 aliphatic heterocycles. The second-order valence-electron chi connectivity index (χ2n) is 7.16. The van der Waals surface area contributed by atoms with Crippen molar-refractivity contribution in [2.45, 2.75) is 52.6 Å². The van der Waals surface area contributed by atoms with Crippen LogP contribution in [0.15, 0.2) is 18.5 Å². The van der Waals surface area contributed by atoms with Gasteiger partial charge in [0.25, 0.3) is 0 Å². The van der Waals surface area contributed by atoms with Crippen LogP contribution in [0.3, 0.4) is 0 Å². The van der Waals surface area contributed by atoms with E-state index in [2.05, 4.69) is 21.8 Å². The maximum absolute atomic E-state index is 11.7. The fourth-order valence-corrected chi connectivity index (χ4v) is 2.68. The molecule has 1 aromatic rings. The molecule has 2 rings (SSSR count). The van der Waals surface area contributed by atoms with Crippen molar-refractivity contribution < 1.29 is 9.53 Å². The molecule has 0 unspecified atom stereocenters. The molecule has 116 valence electrons. The van der Waals surface area contributed by atoms with Crippen LogP contribution in [0, 0.1) is 5.41 Å². The lowest BCUT2D eigenvalue weighted by molar-refractivity contribution is -0.155. The third-order valence-corrected chi connectivity index (χ3v) is 3.56. The summed E-state index contributed by atoms with van der Waals surface area (Å²) in [6, 6.07) is 1.82. The first-order valence-electron chi connectivity index (χ1n) is 7.51. The zero-order chi connectivity index (χ0) is 15.5. The van der Waals surface area contributed by atoms with Crippen molar-refractivity contribution in [1.82, 2.24) is 9.97 Å². The minimum absolute atomic E-state index is 0.103. The average Bonchev–Trinajstić information content (AvgIpc) is 2.34. The molecule has 5 heteroatoms. The summed E-state index contributed by atoms with van der Waals surface area (Å²) in [6.07, 6.45) is 5.92. The molecule has 5 nitrogen and oxygen atoms in total. The number of esters is 1. The van der Waals surface area contributed by atoms with Gasteiger partial charge in [-0.2, -0.15) is 0 Å². The van der Waals surface area contributed by atoms with Gasteiger partial charge in [-0.1, -0.05) is 6.92 Å². The van der Waals surface area contributed by atoms with Crippen LogP contribution >= 0.6 is 0 Å². The molecule has 1 aromatic heterocycles. The Morgan fingerprint density at radius 2 is 1.95 bits per heavy atom. The number of aromatic nitrogens is 2. The Hall–Kier alpha value is -1.65. The standard InChI is InChI=1S/C16H25N3O2/c1-15(2,3)21-13(20)7-5-8-16(4)11-19(12-16)14-17-9-6-10-18-14/h6,9-10H,5,7-8,11-12H2,1-4H3. The van der Waals surface area contributed by atoms with Crippen LogP contribution in [0.25, 0.3) is 0 Å². The number of anilines is 1. The number of rotatable bonds is 5. The summed E-state index contributed by atoms with van der Waals surface area (Å²) in [7, 11) is 0. The molecule has 0 radical (unpaired) electrons. The van der Waals surface area contributed by atoms with Crippen molar-refractivity contribution >= 4 is 11.9 Å². The van der Waals surface area contributed by atoms with Gasteiger partial charge in [0, 0.05) is 37.3 Å². The normalized spacial score (nSPS) is 17.2. The summed E-state index contributed by atoms with van der Waals surface area (Å²) >= 11 is 0. The summed E-state index contributed by atoms with van der Waals surface area (Å²) in [5.41, 5.74) is -0.139. The van der Waals surface area contributed by atoms with Crippen molar-refractivity contribution in [1.29, 1.82) is 0 Å². The largest absolute Gasteiger partial charge is 0.460 e. The van der Waals surface area contributed by atoms with Gasteiger partial charge < -0.3 is 9.64 Å². The molecule has 2 heterocycles. The molecule has 1 fully saturated rings. The molecule has 21 heavy (non-hydrogen) atoms. The Morgan fingerprint density at radius 1 is 1.33 bits per heavy atom. The molecular formula is C16H25N3O2. The third-order valence-electron chi connectivity index (χ3n) is 3.56. The lowest BCUT2D eigenvalue weighted by Crippen LogP contribution is -2.55. The van der Waals surface area contributed by atoms with Gasteiger partial charge in [-0.3, -0.25) is 4.79 Å². The molecule has 0 bridgehead atoms. The molecule has 0 atom stereocenters. The highest BCUT2D eigenvalue weighted by Crippen LogP contribution is 2.36. The van der Waals surface area contributed by atoms with Crippen molar-refractivity contribution in [2.24, 2.45) is 5.41 Å².